The summed E-state index contributed by atoms with van der Waals surface area (Å²) in [6.45, 7) is 3.88. The van der Waals surface area contributed by atoms with Crippen molar-refractivity contribution < 1.29 is 22.6 Å². The highest BCUT2D eigenvalue weighted by Gasteiger charge is 2.42. The Hall–Kier alpha value is -2.05. The molecule has 156 valence electrons. The summed E-state index contributed by atoms with van der Waals surface area (Å²) >= 11 is 0. The SMILES string of the molecule is COc1ccc(-c2ccc(C3(CN4CCOCC4)CCC3)cc2C(F)(F)F)cc1. The van der Waals surface area contributed by atoms with E-state index in [-0.39, 0.29) is 11.0 Å². The van der Waals surface area contributed by atoms with Gasteiger partial charge < -0.3 is 9.47 Å². The van der Waals surface area contributed by atoms with Crippen molar-refractivity contribution >= 4 is 0 Å². The standard InChI is InChI=1S/C23H26F3NO2/c1-28-19-6-3-17(4-7-19)20-8-5-18(15-21(20)23(24,25)26)22(9-2-10-22)16-27-11-13-29-14-12-27/h3-8,15H,2,9-14,16H2,1H3. The molecule has 0 spiro atoms. The first-order chi connectivity index (χ1) is 13.9. The number of ether oxygens (including phenoxy) is 2. The molecule has 1 saturated carbocycles. The van der Waals surface area contributed by atoms with Crippen LogP contribution in [0.25, 0.3) is 11.1 Å². The van der Waals surface area contributed by atoms with E-state index in [0.29, 0.717) is 24.5 Å². The Balaban J connectivity index is 1.69. The second-order valence-electron chi connectivity index (χ2n) is 8.01. The van der Waals surface area contributed by atoms with Crippen molar-refractivity contribution in [3.8, 4) is 16.9 Å². The van der Waals surface area contributed by atoms with Crippen molar-refractivity contribution in [1.29, 1.82) is 0 Å². The van der Waals surface area contributed by atoms with Crippen LogP contribution in [0.5, 0.6) is 5.75 Å². The number of benzene rings is 2. The zero-order chi connectivity index (χ0) is 20.5. The second kappa shape index (κ2) is 8.00. The first-order valence-electron chi connectivity index (χ1n) is 10.1. The molecule has 1 aliphatic carbocycles. The molecule has 0 bridgehead atoms. The lowest BCUT2D eigenvalue weighted by Crippen LogP contribution is -2.49. The van der Waals surface area contributed by atoms with Gasteiger partial charge in [0.2, 0.25) is 0 Å². The molecule has 2 aliphatic rings. The molecule has 4 rings (SSSR count). The molecule has 0 radical (unpaired) electrons. The second-order valence-corrected chi connectivity index (χ2v) is 8.01. The zero-order valence-electron chi connectivity index (χ0n) is 16.6. The van der Waals surface area contributed by atoms with E-state index in [2.05, 4.69) is 4.90 Å². The Labute approximate surface area is 169 Å². The van der Waals surface area contributed by atoms with E-state index in [4.69, 9.17) is 9.47 Å². The van der Waals surface area contributed by atoms with Gasteiger partial charge in [0.05, 0.1) is 25.9 Å². The third-order valence-electron chi connectivity index (χ3n) is 6.28. The molecule has 0 aromatic heterocycles. The third kappa shape index (κ3) is 4.14. The molecule has 2 aromatic carbocycles. The Morgan fingerprint density at radius 3 is 2.28 bits per heavy atom. The van der Waals surface area contributed by atoms with Crippen LogP contribution >= 0.6 is 0 Å². The van der Waals surface area contributed by atoms with E-state index >= 15 is 0 Å². The van der Waals surface area contributed by atoms with E-state index in [1.807, 2.05) is 6.07 Å². The topological polar surface area (TPSA) is 21.7 Å². The Bertz CT molecular complexity index is 838. The number of rotatable bonds is 5. The maximum atomic E-state index is 14.0. The predicted molar refractivity (Wildman–Crippen MR) is 106 cm³/mol. The van der Waals surface area contributed by atoms with Crippen molar-refractivity contribution in [2.24, 2.45) is 0 Å². The van der Waals surface area contributed by atoms with Crippen molar-refractivity contribution in [2.45, 2.75) is 30.9 Å². The summed E-state index contributed by atoms with van der Waals surface area (Å²) in [5, 5.41) is 0. The molecular formula is C23H26F3NO2. The zero-order valence-corrected chi connectivity index (χ0v) is 16.6. The minimum absolute atomic E-state index is 0.185. The van der Waals surface area contributed by atoms with E-state index < -0.39 is 11.7 Å². The summed E-state index contributed by atoms with van der Waals surface area (Å²) in [4.78, 5) is 2.33. The lowest BCUT2D eigenvalue weighted by atomic mass is 9.63. The fourth-order valence-electron chi connectivity index (χ4n) is 4.46. The van der Waals surface area contributed by atoms with Crippen molar-refractivity contribution in [1.82, 2.24) is 4.90 Å². The highest BCUT2D eigenvalue weighted by molar-refractivity contribution is 5.69. The molecule has 1 heterocycles. The summed E-state index contributed by atoms with van der Waals surface area (Å²) in [5.41, 5.74) is 0.814. The van der Waals surface area contributed by atoms with E-state index in [1.54, 1.807) is 30.3 Å². The molecule has 0 unspecified atom stereocenters. The van der Waals surface area contributed by atoms with Crippen LogP contribution in [0.1, 0.15) is 30.4 Å². The predicted octanol–water partition coefficient (Wildman–Crippen LogP) is 5.13. The molecule has 3 nitrogen and oxygen atoms in total. The van der Waals surface area contributed by atoms with Gasteiger partial charge in [-0.25, -0.2) is 0 Å². The molecular weight excluding hydrogens is 379 g/mol. The maximum absolute atomic E-state index is 14.0. The van der Waals surface area contributed by atoms with Gasteiger partial charge in [-0.2, -0.15) is 13.2 Å². The first kappa shape index (κ1) is 20.2. The number of hydrogen-bond donors (Lipinski definition) is 0. The van der Waals surface area contributed by atoms with Crippen LogP contribution in [0, 0.1) is 0 Å². The quantitative estimate of drug-likeness (QED) is 0.688. The smallest absolute Gasteiger partial charge is 0.417 e. The number of nitrogens with zero attached hydrogens (tertiary/aromatic N) is 1. The van der Waals surface area contributed by atoms with E-state index in [9.17, 15) is 13.2 Å². The Morgan fingerprint density at radius 2 is 1.72 bits per heavy atom. The molecule has 29 heavy (non-hydrogen) atoms. The average molecular weight is 405 g/mol. The highest BCUT2D eigenvalue weighted by atomic mass is 19.4. The molecule has 1 saturated heterocycles. The summed E-state index contributed by atoms with van der Waals surface area (Å²) in [5.74, 6) is 0.623. The molecule has 6 heteroatoms. The minimum atomic E-state index is -4.41. The number of alkyl halides is 3. The van der Waals surface area contributed by atoms with Crippen LogP contribution < -0.4 is 4.74 Å². The fraction of sp³-hybridized carbons (Fsp3) is 0.478. The van der Waals surface area contributed by atoms with Crippen LogP contribution in [0.2, 0.25) is 0 Å². The lowest BCUT2D eigenvalue weighted by molar-refractivity contribution is -0.137. The number of hydrogen-bond acceptors (Lipinski definition) is 3. The van der Waals surface area contributed by atoms with Gasteiger partial charge in [0.1, 0.15) is 5.75 Å². The normalized spacial score (nSPS) is 19.6. The summed E-state index contributed by atoms with van der Waals surface area (Å²) in [6.07, 6.45) is -1.48. The van der Waals surface area contributed by atoms with Gasteiger partial charge in [-0.1, -0.05) is 30.7 Å². The van der Waals surface area contributed by atoms with Crippen LogP contribution in [-0.2, 0) is 16.3 Å². The van der Waals surface area contributed by atoms with Crippen molar-refractivity contribution in [3.05, 3.63) is 53.6 Å². The van der Waals surface area contributed by atoms with Gasteiger partial charge in [0, 0.05) is 25.0 Å². The average Bonchev–Trinajstić information content (AvgIpc) is 2.70. The molecule has 0 atom stereocenters. The largest absolute Gasteiger partial charge is 0.497 e. The number of morpholine rings is 1. The monoisotopic (exact) mass is 405 g/mol. The Morgan fingerprint density at radius 1 is 1.03 bits per heavy atom. The summed E-state index contributed by atoms with van der Waals surface area (Å²) in [7, 11) is 1.54. The number of halogens is 3. The lowest BCUT2D eigenvalue weighted by Gasteiger charge is -2.46. The number of methoxy groups -OCH3 is 1. The van der Waals surface area contributed by atoms with Gasteiger partial charge >= 0.3 is 6.18 Å². The van der Waals surface area contributed by atoms with E-state index in [0.717, 1.165) is 44.5 Å². The van der Waals surface area contributed by atoms with Crippen LogP contribution in [0.4, 0.5) is 13.2 Å². The molecule has 2 fully saturated rings. The first-order valence-corrected chi connectivity index (χ1v) is 10.1. The van der Waals surface area contributed by atoms with Gasteiger partial charge in [0.15, 0.2) is 0 Å². The van der Waals surface area contributed by atoms with Gasteiger partial charge in [-0.3, -0.25) is 4.90 Å². The fourth-order valence-corrected chi connectivity index (χ4v) is 4.46. The van der Waals surface area contributed by atoms with Gasteiger partial charge in [0.25, 0.3) is 0 Å². The van der Waals surface area contributed by atoms with Crippen molar-refractivity contribution in [2.75, 3.05) is 40.0 Å². The molecule has 1 aliphatic heterocycles. The van der Waals surface area contributed by atoms with Crippen LogP contribution in [0.15, 0.2) is 42.5 Å². The Kier molecular flexibility index (Phi) is 5.58. The highest BCUT2D eigenvalue weighted by Crippen LogP contribution is 2.47. The van der Waals surface area contributed by atoms with Crippen molar-refractivity contribution in [3.63, 3.8) is 0 Å². The van der Waals surface area contributed by atoms with Gasteiger partial charge in [-0.05, 0) is 47.7 Å². The molecule has 2 aromatic rings. The maximum Gasteiger partial charge on any atom is 0.417 e. The van der Waals surface area contributed by atoms with E-state index in [1.165, 1.54) is 13.2 Å². The van der Waals surface area contributed by atoms with Crippen LogP contribution in [-0.4, -0.2) is 44.9 Å². The summed E-state index contributed by atoms with van der Waals surface area (Å²) in [6, 6.07) is 11.7. The third-order valence-corrected chi connectivity index (χ3v) is 6.28. The summed E-state index contributed by atoms with van der Waals surface area (Å²) < 4.78 is 52.5. The van der Waals surface area contributed by atoms with Crippen LogP contribution in [0.3, 0.4) is 0 Å². The van der Waals surface area contributed by atoms with Gasteiger partial charge in [-0.15, -0.1) is 0 Å². The molecule has 0 amide bonds. The molecule has 0 N–H and O–H groups in total. The minimum Gasteiger partial charge on any atom is -0.497 e.